The van der Waals surface area contributed by atoms with Crippen LogP contribution in [0.4, 0.5) is 5.69 Å². The Hall–Kier alpha value is -4.23. The van der Waals surface area contributed by atoms with Crippen molar-refractivity contribution >= 4 is 27.2 Å². The summed E-state index contributed by atoms with van der Waals surface area (Å²) in [4.78, 5) is 28.9. The molecule has 0 saturated heterocycles. The van der Waals surface area contributed by atoms with Crippen LogP contribution in [-0.4, -0.2) is 53.2 Å². The highest BCUT2D eigenvalue weighted by molar-refractivity contribution is 7.90. The van der Waals surface area contributed by atoms with E-state index in [2.05, 4.69) is 0 Å². The maximum Gasteiger partial charge on any atom is 0.253 e. The molecule has 0 saturated carbocycles. The average Bonchev–Trinajstić information content (AvgIpc) is 2.92. The van der Waals surface area contributed by atoms with Crippen molar-refractivity contribution in [3.05, 3.63) is 119 Å². The third kappa shape index (κ3) is 7.24. The first-order valence-electron chi connectivity index (χ1n) is 13.0. The molecule has 6 nitrogen and oxygen atoms in total. The molecular weight excluding hydrogens is 520 g/mol. The maximum atomic E-state index is 13.4. The fourth-order valence-corrected chi connectivity index (χ4v) is 5.93. The Bertz CT molecular complexity index is 1640. The molecule has 0 aromatic heterocycles. The number of benzene rings is 4. The van der Waals surface area contributed by atoms with Gasteiger partial charge >= 0.3 is 0 Å². The van der Waals surface area contributed by atoms with Gasteiger partial charge in [-0.1, -0.05) is 60.7 Å². The molecule has 7 heteroatoms. The number of sulfone groups is 1. The quantitative estimate of drug-likeness (QED) is 0.261. The van der Waals surface area contributed by atoms with Crippen LogP contribution in [0.25, 0.3) is 11.1 Å². The van der Waals surface area contributed by atoms with Crippen LogP contribution in [0.2, 0.25) is 0 Å². The Balaban J connectivity index is 1.48. The van der Waals surface area contributed by atoms with Crippen molar-refractivity contribution in [2.24, 2.45) is 0 Å². The van der Waals surface area contributed by atoms with Crippen LogP contribution >= 0.6 is 0 Å². The molecule has 0 atom stereocenters. The van der Waals surface area contributed by atoms with Gasteiger partial charge in [-0.25, -0.2) is 8.42 Å². The predicted octanol–water partition coefficient (Wildman–Crippen LogP) is 5.45. The van der Waals surface area contributed by atoms with E-state index in [0.717, 1.165) is 22.4 Å². The highest BCUT2D eigenvalue weighted by Crippen LogP contribution is 2.26. The largest absolute Gasteiger partial charge is 0.378 e. The van der Waals surface area contributed by atoms with E-state index in [-0.39, 0.29) is 28.8 Å². The molecule has 0 radical (unpaired) electrons. The summed E-state index contributed by atoms with van der Waals surface area (Å²) in [5.41, 5.74) is 5.42. The van der Waals surface area contributed by atoms with Gasteiger partial charge in [-0.3, -0.25) is 9.59 Å². The van der Waals surface area contributed by atoms with Crippen molar-refractivity contribution < 1.29 is 18.0 Å². The summed E-state index contributed by atoms with van der Waals surface area (Å²) < 4.78 is 26.8. The van der Waals surface area contributed by atoms with Gasteiger partial charge in [0.15, 0.2) is 9.84 Å². The first-order valence-corrected chi connectivity index (χ1v) is 14.7. The fraction of sp³-hybridized carbons (Fsp3) is 0.212. The van der Waals surface area contributed by atoms with Gasteiger partial charge in [0.1, 0.15) is 5.78 Å². The smallest absolute Gasteiger partial charge is 0.253 e. The second-order valence-corrected chi connectivity index (χ2v) is 12.3. The second kappa shape index (κ2) is 12.3. The van der Waals surface area contributed by atoms with Gasteiger partial charge in [-0.05, 0) is 64.2 Å². The first kappa shape index (κ1) is 28.8. The highest BCUT2D eigenvalue weighted by Gasteiger charge is 2.18. The van der Waals surface area contributed by atoms with Crippen molar-refractivity contribution in [3.63, 3.8) is 0 Å². The van der Waals surface area contributed by atoms with Gasteiger partial charge in [-0.15, -0.1) is 0 Å². The Morgan fingerprint density at radius 1 is 0.650 bits per heavy atom. The minimum absolute atomic E-state index is 0.0681. The molecule has 4 aromatic rings. The van der Waals surface area contributed by atoms with Crippen LogP contribution in [-0.2, 0) is 33.2 Å². The van der Waals surface area contributed by atoms with E-state index < -0.39 is 9.84 Å². The SMILES string of the molecule is CN(C)C(=O)c1cccc(-c2cccc(S(=O)(=O)Cc3cccc(CC(=O)Cc4cccc(N(C)C)c4)c3)c2)c1. The van der Waals surface area contributed by atoms with Gasteiger partial charge in [0.05, 0.1) is 10.6 Å². The van der Waals surface area contributed by atoms with Gasteiger partial charge < -0.3 is 9.80 Å². The van der Waals surface area contributed by atoms with E-state index in [1.54, 1.807) is 68.7 Å². The minimum atomic E-state index is -3.66. The lowest BCUT2D eigenvalue weighted by molar-refractivity contribution is -0.117. The van der Waals surface area contributed by atoms with Crippen molar-refractivity contribution in [2.45, 2.75) is 23.5 Å². The van der Waals surface area contributed by atoms with E-state index >= 15 is 0 Å². The summed E-state index contributed by atoms with van der Waals surface area (Å²) in [5, 5.41) is 0. The minimum Gasteiger partial charge on any atom is -0.378 e. The summed E-state index contributed by atoms with van der Waals surface area (Å²) in [6, 6.07) is 29.0. The molecule has 0 unspecified atom stereocenters. The molecule has 0 bridgehead atoms. The zero-order valence-corrected chi connectivity index (χ0v) is 24.1. The lowest BCUT2D eigenvalue weighted by Gasteiger charge is -2.13. The summed E-state index contributed by atoms with van der Waals surface area (Å²) >= 11 is 0. The van der Waals surface area contributed by atoms with Crippen LogP contribution in [0.3, 0.4) is 0 Å². The molecule has 4 rings (SSSR count). The third-order valence-electron chi connectivity index (χ3n) is 6.62. The molecule has 0 aliphatic heterocycles. The zero-order chi connectivity index (χ0) is 28.9. The van der Waals surface area contributed by atoms with Gasteiger partial charge in [0.2, 0.25) is 0 Å². The number of carbonyl (C=O) groups excluding carboxylic acids is 2. The van der Waals surface area contributed by atoms with Gasteiger partial charge in [-0.2, -0.15) is 0 Å². The number of amides is 1. The molecule has 0 spiro atoms. The summed E-state index contributed by atoms with van der Waals surface area (Å²) in [5.74, 6) is -0.229. The van der Waals surface area contributed by atoms with Crippen molar-refractivity contribution in [1.29, 1.82) is 0 Å². The Labute approximate surface area is 236 Å². The molecule has 1 amide bonds. The number of ketones is 1. The summed E-state index contributed by atoms with van der Waals surface area (Å²) in [6.07, 6.45) is 0.552. The normalized spacial score (nSPS) is 11.2. The molecule has 0 heterocycles. The van der Waals surface area contributed by atoms with E-state index in [1.165, 1.54) is 4.90 Å². The highest BCUT2D eigenvalue weighted by atomic mass is 32.2. The van der Waals surface area contributed by atoms with E-state index in [1.807, 2.05) is 61.5 Å². The topological polar surface area (TPSA) is 74.8 Å². The van der Waals surface area contributed by atoms with E-state index in [9.17, 15) is 18.0 Å². The van der Waals surface area contributed by atoms with Crippen molar-refractivity contribution in [2.75, 3.05) is 33.1 Å². The van der Waals surface area contributed by atoms with Gasteiger partial charge in [0.25, 0.3) is 5.91 Å². The summed E-state index contributed by atoms with van der Waals surface area (Å²) in [7, 11) is 3.65. The van der Waals surface area contributed by atoms with Crippen LogP contribution < -0.4 is 4.90 Å². The van der Waals surface area contributed by atoms with Gasteiger partial charge in [0, 0.05) is 52.3 Å². The molecule has 0 fully saturated rings. The van der Waals surface area contributed by atoms with Crippen LogP contribution in [0.15, 0.2) is 102 Å². The molecule has 0 aliphatic carbocycles. The molecule has 206 valence electrons. The monoisotopic (exact) mass is 554 g/mol. The molecule has 40 heavy (non-hydrogen) atoms. The van der Waals surface area contributed by atoms with Crippen LogP contribution in [0, 0.1) is 0 Å². The number of anilines is 1. The molecule has 4 aromatic carbocycles. The van der Waals surface area contributed by atoms with Crippen molar-refractivity contribution in [1.82, 2.24) is 4.90 Å². The first-order chi connectivity index (χ1) is 19.0. The van der Waals surface area contributed by atoms with E-state index in [4.69, 9.17) is 0 Å². The van der Waals surface area contributed by atoms with Crippen molar-refractivity contribution in [3.8, 4) is 11.1 Å². The Morgan fingerprint density at radius 2 is 1.23 bits per heavy atom. The Kier molecular flexibility index (Phi) is 8.85. The standard InChI is InChI=1S/C33H34N2O4S/c1-34(2)30-15-6-10-25(18-30)20-31(36)19-24-9-5-11-26(17-24)23-40(38,39)32-16-8-13-28(22-32)27-12-7-14-29(21-27)33(37)35(3)4/h5-18,21-22H,19-20,23H2,1-4H3. The Morgan fingerprint density at radius 3 is 1.90 bits per heavy atom. The lowest BCUT2D eigenvalue weighted by Crippen LogP contribution is -2.21. The van der Waals surface area contributed by atoms with Crippen LogP contribution in [0.5, 0.6) is 0 Å². The number of hydrogen-bond donors (Lipinski definition) is 0. The molecular formula is C33H34N2O4S. The number of carbonyl (C=O) groups is 2. The van der Waals surface area contributed by atoms with E-state index in [0.29, 0.717) is 23.1 Å². The number of Topliss-reactive ketones (excluding diaryl/α,β-unsaturated/α-hetero) is 1. The molecule has 0 aliphatic rings. The number of nitrogens with zero attached hydrogens (tertiary/aromatic N) is 2. The number of rotatable bonds is 10. The zero-order valence-electron chi connectivity index (χ0n) is 23.3. The second-order valence-electron chi connectivity index (χ2n) is 10.3. The van der Waals surface area contributed by atoms with Crippen LogP contribution in [0.1, 0.15) is 27.0 Å². The summed E-state index contributed by atoms with van der Waals surface area (Å²) in [6.45, 7) is 0. The number of hydrogen-bond acceptors (Lipinski definition) is 5. The lowest BCUT2D eigenvalue weighted by atomic mass is 10.0. The maximum absolute atomic E-state index is 13.4. The fourth-order valence-electron chi connectivity index (χ4n) is 4.55. The predicted molar refractivity (Wildman–Crippen MR) is 160 cm³/mol. The molecule has 0 N–H and O–H groups in total. The average molecular weight is 555 g/mol. The third-order valence-corrected chi connectivity index (χ3v) is 8.31.